The molecular formula is C21H26N2O3S. The molecule has 0 aromatic heterocycles. The summed E-state index contributed by atoms with van der Waals surface area (Å²) in [5.41, 5.74) is 2.01. The van der Waals surface area contributed by atoms with E-state index in [0.29, 0.717) is 12.1 Å². The zero-order valence-electron chi connectivity index (χ0n) is 15.8. The number of anilines is 1. The van der Waals surface area contributed by atoms with Gasteiger partial charge in [0.05, 0.1) is 4.90 Å². The van der Waals surface area contributed by atoms with Crippen LogP contribution in [-0.2, 0) is 10.0 Å². The molecule has 2 aromatic carbocycles. The number of carbonyl (C=O) groups excluding carboxylic acids is 1. The lowest BCUT2D eigenvalue weighted by molar-refractivity contribution is 0.102. The molecule has 2 aromatic rings. The summed E-state index contributed by atoms with van der Waals surface area (Å²) in [6.45, 7) is 4.47. The van der Waals surface area contributed by atoms with Crippen LogP contribution in [0.15, 0.2) is 53.4 Å². The number of hydrogen-bond acceptors (Lipinski definition) is 3. The van der Waals surface area contributed by atoms with E-state index in [9.17, 15) is 13.2 Å². The maximum absolute atomic E-state index is 13.1. The van der Waals surface area contributed by atoms with Crippen molar-refractivity contribution in [2.45, 2.75) is 50.5 Å². The van der Waals surface area contributed by atoms with Crippen LogP contribution in [0.25, 0.3) is 0 Å². The molecule has 1 unspecified atom stereocenters. The van der Waals surface area contributed by atoms with Gasteiger partial charge in [0.2, 0.25) is 10.0 Å². The van der Waals surface area contributed by atoms with Crippen LogP contribution in [0.1, 0.15) is 48.5 Å². The number of aryl methyl sites for hydroxylation is 1. The van der Waals surface area contributed by atoms with Gasteiger partial charge in [-0.1, -0.05) is 37.6 Å². The molecule has 1 aliphatic rings. The van der Waals surface area contributed by atoms with Crippen molar-refractivity contribution < 1.29 is 13.2 Å². The monoisotopic (exact) mass is 386 g/mol. The molecule has 0 bridgehead atoms. The predicted octanol–water partition coefficient (Wildman–Crippen LogP) is 4.20. The molecule has 1 atom stereocenters. The number of benzene rings is 2. The molecule has 144 valence electrons. The van der Waals surface area contributed by atoms with Crippen LogP contribution >= 0.6 is 0 Å². The van der Waals surface area contributed by atoms with E-state index < -0.39 is 10.0 Å². The Morgan fingerprint density at radius 2 is 1.93 bits per heavy atom. The zero-order valence-corrected chi connectivity index (χ0v) is 16.6. The molecule has 0 spiro atoms. The van der Waals surface area contributed by atoms with Crippen LogP contribution < -0.4 is 5.32 Å². The zero-order chi connectivity index (χ0) is 19.4. The highest BCUT2D eigenvalue weighted by molar-refractivity contribution is 7.89. The maximum Gasteiger partial charge on any atom is 0.255 e. The first-order chi connectivity index (χ1) is 12.9. The Kier molecular flexibility index (Phi) is 5.97. The minimum atomic E-state index is -3.61. The van der Waals surface area contributed by atoms with Crippen LogP contribution in [0.5, 0.6) is 0 Å². The summed E-state index contributed by atoms with van der Waals surface area (Å²) in [4.78, 5) is 12.8. The Labute approximate surface area is 161 Å². The van der Waals surface area contributed by atoms with Crippen molar-refractivity contribution in [3.8, 4) is 0 Å². The molecule has 1 fully saturated rings. The Hall–Kier alpha value is -2.18. The lowest BCUT2D eigenvalue weighted by atomic mass is 10.0. The number of carbonyl (C=O) groups is 1. The molecule has 3 rings (SSSR count). The summed E-state index contributed by atoms with van der Waals surface area (Å²) in [6, 6.07) is 13.8. The second-order valence-corrected chi connectivity index (χ2v) is 8.86. The third-order valence-electron chi connectivity index (χ3n) is 5.14. The molecule has 0 saturated carbocycles. The SMILES string of the molecule is CCC1CCCCN1S(=O)(=O)c1cccc(C(=O)Nc2ccccc2C)c1. The summed E-state index contributed by atoms with van der Waals surface area (Å²) < 4.78 is 27.9. The molecular weight excluding hydrogens is 360 g/mol. The van der Waals surface area contributed by atoms with Crippen LogP contribution in [0.4, 0.5) is 5.69 Å². The summed E-state index contributed by atoms with van der Waals surface area (Å²) in [7, 11) is -3.61. The van der Waals surface area contributed by atoms with Gasteiger partial charge in [-0.15, -0.1) is 0 Å². The van der Waals surface area contributed by atoms with Crippen LogP contribution in [0, 0.1) is 6.92 Å². The van der Waals surface area contributed by atoms with Gasteiger partial charge >= 0.3 is 0 Å². The van der Waals surface area contributed by atoms with Crippen molar-refractivity contribution >= 4 is 21.6 Å². The normalized spacial score (nSPS) is 18.2. The Bertz CT molecular complexity index is 925. The molecule has 1 heterocycles. The van der Waals surface area contributed by atoms with Gasteiger partial charge in [-0.05, 0) is 56.0 Å². The molecule has 1 aliphatic heterocycles. The molecule has 0 radical (unpaired) electrons. The van der Waals surface area contributed by atoms with Gasteiger partial charge in [0.25, 0.3) is 5.91 Å². The second kappa shape index (κ2) is 8.23. The van der Waals surface area contributed by atoms with Crippen molar-refractivity contribution in [3.63, 3.8) is 0 Å². The van der Waals surface area contributed by atoms with Gasteiger partial charge in [-0.25, -0.2) is 8.42 Å². The van der Waals surface area contributed by atoms with E-state index in [0.717, 1.165) is 36.9 Å². The molecule has 0 aliphatic carbocycles. The standard InChI is InChI=1S/C21H26N2O3S/c1-3-18-11-6-7-14-23(18)27(25,26)19-12-8-10-17(15-19)21(24)22-20-13-5-4-9-16(20)2/h4-5,8-10,12-13,15,18H,3,6-7,11,14H2,1-2H3,(H,22,24). The summed E-state index contributed by atoms with van der Waals surface area (Å²) in [6.07, 6.45) is 3.63. The largest absolute Gasteiger partial charge is 0.322 e. The first-order valence-electron chi connectivity index (χ1n) is 9.42. The number of para-hydroxylation sites is 1. The quantitative estimate of drug-likeness (QED) is 0.837. The summed E-state index contributed by atoms with van der Waals surface area (Å²) in [5.74, 6) is -0.313. The van der Waals surface area contributed by atoms with Gasteiger partial charge in [0.15, 0.2) is 0 Å². The van der Waals surface area contributed by atoms with Crippen LogP contribution in [0.2, 0.25) is 0 Å². The van der Waals surface area contributed by atoms with Crippen molar-refractivity contribution in [2.75, 3.05) is 11.9 Å². The fourth-order valence-corrected chi connectivity index (χ4v) is 5.35. The number of rotatable bonds is 5. The average Bonchev–Trinajstić information content (AvgIpc) is 2.69. The highest BCUT2D eigenvalue weighted by Crippen LogP contribution is 2.27. The minimum absolute atomic E-state index is 0.0354. The molecule has 1 saturated heterocycles. The lowest BCUT2D eigenvalue weighted by Crippen LogP contribution is -2.43. The molecule has 6 heteroatoms. The van der Waals surface area contributed by atoms with Gasteiger partial charge in [0, 0.05) is 23.8 Å². The number of amides is 1. The second-order valence-electron chi connectivity index (χ2n) is 6.97. The fourth-order valence-electron chi connectivity index (χ4n) is 3.54. The topological polar surface area (TPSA) is 66.5 Å². The Morgan fingerprint density at radius 3 is 2.67 bits per heavy atom. The maximum atomic E-state index is 13.1. The van der Waals surface area contributed by atoms with E-state index in [4.69, 9.17) is 0 Å². The first kappa shape index (κ1) is 19.6. The van der Waals surface area contributed by atoms with Crippen molar-refractivity contribution in [1.29, 1.82) is 0 Å². The van der Waals surface area contributed by atoms with E-state index in [1.807, 2.05) is 38.1 Å². The fraction of sp³-hybridized carbons (Fsp3) is 0.381. The van der Waals surface area contributed by atoms with E-state index in [1.165, 1.54) is 6.07 Å². The average molecular weight is 387 g/mol. The van der Waals surface area contributed by atoms with Crippen LogP contribution in [0.3, 0.4) is 0 Å². The molecule has 1 N–H and O–H groups in total. The van der Waals surface area contributed by atoms with Gasteiger partial charge < -0.3 is 5.32 Å². The smallest absolute Gasteiger partial charge is 0.255 e. The number of piperidine rings is 1. The number of sulfonamides is 1. The number of nitrogens with one attached hydrogen (secondary N) is 1. The highest BCUT2D eigenvalue weighted by atomic mass is 32.2. The van der Waals surface area contributed by atoms with Gasteiger partial charge in [0.1, 0.15) is 0 Å². The Balaban J connectivity index is 1.86. The summed E-state index contributed by atoms with van der Waals surface area (Å²) >= 11 is 0. The predicted molar refractivity (Wildman–Crippen MR) is 107 cm³/mol. The Morgan fingerprint density at radius 1 is 1.15 bits per heavy atom. The van der Waals surface area contributed by atoms with E-state index >= 15 is 0 Å². The van der Waals surface area contributed by atoms with Gasteiger partial charge in [-0.2, -0.15) is 4.31 Å². The highest BCUT2D eigenvalue weighted by Gasteiger charge is 2.32. The molecule has 5 nitrogen and oxygen atoms in total. The van der Waals surface area contributed by atoms with Crippen molar-refractivity contribution in [3.05, 3.63) is 59.7 Å². The van der Waals surface area contributed by atoms with Crippen LogP contribution in [-0.4, -0.2) is 31.2 Å². The van der Waals surface area contributed by atoms with E-state index in [1.54, 1.807) is 22.5 Å². The third kappa shape index (κ3) is 4.22. The molecule has 27 heavy (non-hydrogen) atoms. The third-order valence-corrected chi connectivity index (χ3v) is 7.09. The van der Waals surface area contributed by atoms with E-state index in [-0.39, 0.29) is 16.8 Å². The van der Waals surface area contributed by atoms with Crippen molar-refractivity contribution in [1.82, 2.24) is 4.31 Å². The summed E-state index contributed by atoms with van der Waals surface area (Å²) in [5, 5.41) is 2.86. The minimum Gasteiger partial charge on any atom is -0.322 e. The van der Waals surface area contributed by atoms with E-state index in [2.05, 4.69) is 5.32 Å². The first-order valence-corrected chi connectivity index (χ1v) is 10.9. The number of hydrogen-bond donors (Lipinski definition) is 1. The van der Waals surface area contributed by atoms with Gasteiger partial charge in [-0.3, -0.25) is 4.79 Å². The number of nitrogens with zero attached hydrogens (tertiary/aromatic N) is 1. The molecule has 1 amide bonds. The van der Waals surface area contributed by atoms with Crippen molar-refractivity contribution in [2.24, 2.45) is 0 Å². The lowest BCUT2D eigenvalue weighted by Gasteiger charge is -2.34.